The molecular weight excluding hydrogens is 404 g/mol. The molecule has 0 saturated heterocycles. The molecule has 0 aliphatic heterocycles. The summed E-state index contributed by atoms with van der Waals surface area (Å²) in [6, 6.07) is 12.8. The smallest absolute Gasteiger partial charge is 0.241 e. The Morgan fingerprint density at radius 2 is 2.00 bits per heavy atom. The monoisotopic (exact) mass is 428 g/mol. The van der Waals surface area contributed by atoms with Crippen LogP contribution in [0.15, 0.2) is 61.2 Å². The zero-order valence-corrected chi connectivity index (χ0v) is 17.9. The number of amides is 1. The van der Waals surface area contributed by atoms with E-state index in [1.165, 1.54) is 7.11 Å². The highest BCUT2D eigenvalue weighted by Gasteiger charge is 2.24. The van der Waals surface area contributed by atoms with Crippen LogP contribution >= 0.6 is 0 Å². The average molecular weight is 429 g/mol. The number of ether oxygens (including phenoxy) is 1. The highest BCUT2D eigenvalue weighted by atomic mass is 32.2. The third-order valence-corrected chi connectivity index (χ3v) is 5.67. The van der Waals surface area contributed by atoms with E-state index in [9.17, 15) is 13.2 Å². The van der Waals surface area contributed by atoms with E-state index in [0.29, 0.717) is 11.4 Å². The zero-order chi connectivity index (χ0) is 21.7. The molecule has 3 rings (SSSR count). The van der Waals surface area contributed by atoms with Gasteiger partial charge >= 0.3 is 0 Å². The van der Waals surface area contributed by atoms with Gasteiger partial charge in [0, 0.05) is 18.9 Å². The van der Waals surface area contributed by atoms with Crippen LogP contribution in [-0.4, -0.2) is 43.8 Å². The number of nitrogens with one attached hydrogen (secondary N) is 1. The number of carbonyl (C=O) groups is 1. The summed E-state index contributed by atoms with van der Waals surface area (Å²) in [5, 5.41) is 2.81. The van der Waals surface area contributed by atoms with Gasteiger partial charge in [0.15, 0.2) is 0 Å². The number of aryl methyl sites for hydroxylation is 1. The van der Waals surface area contributed by atoms with E-state index in [1.807, 2.05) is 48.0 Å². The first-order valence-electron chi connectivity index (χ1n) is 9.25. The van der Waals surface area contributed by atoms with Gasteiger partial charge in [0.05, 0.1) is 31.1 Å². The lowest BCUT2D eigenvalue weighted by Gasteiger charge is -2.24. The number of imidazole rings is 1. The van der Waals surface area contributed by atoms with Crippen LogP contribution in [0.2, 0.25) is 0 Å². The van der Waals surface area contributed by atoms with Crippen LogP contribution in [-0.2, 0) is 21.4 Å². The van der Waals surface area contributed by atoms with E-state index in [2.05, 4.69) is 10.3 Å². The van der Waals surface area contributed by atoms with Crippen molar-refractivity contribution in [2.24, 2.45) is 0 Å². The van der Waals surface area contributed by atoms with E-state index < -0.39 is 15.9 Å². The highest BCUT2D eigenvalue weighted by molar-refractivity contribution is 7.92. The Balaban J connectivity index is 1.79. The summed E-state index contributed by atoms with van der Waals surface area (Å²) in [7, 11) is -2.25. The molecule has 9 heteroatoms. The first-order chi connectivity index (χ1) is 14.3. The molecule has 0 radical (unpaired) electrons. The van der Waals surface area contributed by atoms with Crippen molar-refractivity contribution < 1.29 is 17.9 Å². The zero-order valence-electron chi connectivity index (χ0n) is 17.1. The molecule has 30 heavy (non-hydrogen) atoms. The normalized spacial score (nSPS) is 11.2. The SMILES string of the molecule is COc1ccc(C)cc1N(CC(=O)NCc1ccccc1-n1ccnc1)S(C)(=O)=O. The maximum atomic E-state index is 12.7. The van der Waals surface area contributed by atoms with E-state index >= 15 is 0 Å². The summed E-state index contributed by atoms with van der Waals surface area (Å²) in [6.45, 7) is 1.73. The predicted octanol–water partition coefficient (Wildman–Crippen LogP) is 2.27. The van der Waals surface area contributed by atoms with Crippen molar-refractivity contribution in [2.45, 2.75) is 13.5 Å². The van der Waals surface area contributed by atoms with Gasteiger partial charge in [-0.2, -0.15) is 0 Å². The van der Waals surface area contributed by atoms with Crippen LogP contribution in [0.4, 0.5) is 5.69 Å². The quantitative estimate of drug-likeness (QED) is 0.594. The lowest BCUT2D eigenvalue weighted by molar-refractivity contribution is -0.119. The second kappa shape index (κ2) is 9.00. The van der Waals surface area contributed by atoms with Crippen molar-refractivity contribution in [1.29, 1.82) is 0 Å². The number of nitrogens with zero attached hydrogens (tertiary/aromatic N) is 3. The Labute approximate surface area is 176 Å². The van der Waals surface area contributed by atoms with Gasteiger partial charge in [-0.1, -0.05) is 24.3 Å². The van der Waals surface area contributed by atoms with Gasteiger partial charge in [-0.3, -0.25) is 9.10 Å². The topological polar surface area (TPSA) is 93.5 Å². The van der Waals surface area contributed by atoms with Crippen LogP contribution in [0.3, 0.4) is 0 Å². The standard InChI is InChI=1S/C21H24N4O4S/c1-16-8-9-20(29-2)19(12-16)25(30(3,27)28)14-21(26)23-13-17-6-4-5-7-18(17)24-11-10-22-15-24/h4-12,15H,13-14H2,1-3H3,(H,23,26). The minimum absolute atomic E-state index is 0.246. The first kappa shape index (κ1) is 21.4. The van der Waals surface area contributed by atoms with Crippen molar-refractivity contribution in [2.75, 3.05) is 24.2 Å². The number of benzene rings is 2. The summed E-state index contributed by atoms with van der Waals surface area (Å²) in [6.07, 6.45) is 6.23. The predicted molar refractivity (Wildman–Crippen MR) is 115 cm³/mol. The number of aromatic nitrogens is 2. The number of hydrogen-bond donors (Lipinski definition) is 1. The second-order valence-electron chi connectivity index (χ2n) is 6.82. The Morgan fingerprint density at radius 3 is 2.67 bits per heavy atom. The van der Waals surface area contributed by atoms with Crippen LogP contribution in [0.5, 0.6) is 5.75 Å². The van der Waals surface area contributed by atoms with Crippen LogP contribution in [0.25, 0.3) is 5.69 Å². The Bertz CT molecular complexity index is 1130. The highest BCUT2D eigenvalue weighted by Crippen LogP contribution is 2.30. The first-order valence-corrected chi connectivity index (χ1v) is 11.1. The molecule has 3 aromatic rings. The number of hydrogen-bond acceptors (Lipinski definition) is 5. The van der Waals surface area contributed by atoms with E-state index in [-0.39, 0.29) is 13.1 Å². The molecule has 8 nitrogen and oxygen atoms in total. The van der Waals surface area contributed by atoms with Gasteiger partial charge in [0.1, 0.15) is 12.3 Å². The van der Waals surface area contributed by atoms with Gasteiger partial charge in [-0.15, -0.1) is 0 Å². The second-order valence-corrected chi connectivity index (χ2v) is 8.73. The van der Waals surface area contributed by atoms with E-state index in [1.54, 1.807) is 24.7 Å². The number of carbonyl (C=O) groups excluding carboxylic acids is 1. The molecule has 158 valence electrons. The summed E-state index contributed by atoms with van der Waals surface area (Å²) in [5.41, 5.74) is 2.95. The van der Waals surface area contributed by atoms with Crippen molar-refractivity contribution in [3.8, 4) is 11.4 Å². The molecule has 1 heterocycles. The summed E-state index contributed by atoms with van der Waals surface area (Å²) >= 11 is 0. The molecule has 0 bridgehead atoms. The lowest BCUT2D eigenvalue weighted by Crippen LogP contribution is -2.40. The summed E-state index contributed by atoms with van der Waals surface area (Å²) in [5.74, 6) is -0.0475. The molecule has 1 aromatic heterocycles. The largest absolute Gasteiger partial charge is 0.495 e. The van der Waals surface area contributed by atoms with Gasteiger partial charge in [0.25, 0.3) is 0 Å². The summed E-state index contributed by atoms with van der Waals surface area (Å²) in [4.78, 5) is 16.7. The molecular formula is C21H24N4O4S. The molecule has 0 aliphatic carbocycles. The van der Waals surface area contributed by atoms with Gasteiger partial charge in [-0.25, -0.2) is 13.4 Å². The fourth-order valence-electron chi connectivity index (χ4n) is 3.07. The van der Waals surface area contributed by atoms with Gasteiger partial charge in [0.2, 0.25) is 15.9 Å². The molecule has 1 amide bonds. The summed E-state index contributed by atoms with van der Waals surface area (Å²) < 4.78 is 33.0. The Morgan fingerprint density at radius 1 is 1.23 bits per heavy atom. The Kier molecular flexibility index (Phi) is 6.41. The van der Waals surface area contributed by atoms with Crippen LogP contribution < -0.4 is 14.4 Å². The maximum absolute atomic E-state index is 12.7. The van der Waals surface area contributed by atoms with Crippen molar-refractivity contribution >= 4 is 21.6 Å². The molecule has 2 aromatic carbocycles. The number of para-hydroxylation sites is 1. The number of rotatable bonds is 8. The maximum Gasteiger partial charge on any atom is 0.241 e. The Hall–Kier alpha value is -3.33. The van der Waals surface area contributed by atoms with Crippen LogP contribution in [0.1, 0.15) is 11.1 Å². The number of sulfonamides is 1. The average Bonchev–Trinajstić information content (AvgIpc) is 3.24. The molecule has 1 N–H and O–H groups in total. The third kappa shape index (κ3) is 4.98. The van der Waals surface area contributed by atoms with E-state index in [0.717, 1.165) is 27.4 Å². The molecule has 0 unspecified atom stereocenters. The van der Waals surface area contributed by atoms with Crippen LogP contribution in [0, 0.1) is 6.92 Å². The number of methoxy groups -OCH3 is 1. The molecule has 0 fully saturated rings. The minimum atomic E-state index is -3.71. The molecule has 0 aliphatic rings. The molecule has 0 spiro atoms. The lowest BCUT2D eigenvalue weighted by atomic mass is 10.1. The van der Waals surface area contributed by atoms with E-state index in [4.69, 9.17) is 4.74 Å². The van der Waals surface area contributed by atoms with Gasteiger partial charge in [-0.05, 0) is 36.2 Å². The molecule has 0 atom stereocenters. The number of anilines is 1. The van der Waals surface area contributed by atoms with Crippen molar-refractivity contribution in [3.63, 3.8) is 0 Å². The fraction of sp³-hybridized carbons (Fsp3) is 0.238. The fourth-order valence-corrected chi connectivity index (χ4v) is 3.92. The minimum Gasteiger partial charge on any atom is -0.495 e. The van der Waals surface area contributed by atoms with Crippen molar-refractivity contribution in [1.82, 2.24) is 14.9 Å². The van der Waals surface area contributed by atoms with Gasteiger partial charge < -0.3 is 14.6 Å². The molecule has 0 saturated carbocycles. The third-order valence-electron chi connectivity index (χ3n) is 4.54. The van der Waals surface area contributed by atoms with Crippen molar-refractivity contribution in [3.05, 3.63) is 72.3 Å².